The van der Waals surface area contributed by atoms with Gasteiger partial charge in [-0.2, -0.15) is 5.26 Å². The van der Waals surface area contributed by atoms with E-state index in [0.717, 1.165) is 29.4 Å². The molecule has 6 heteroatoms. The Kier molecular flexibility index (Phi) is 5.47. The SMILES string of the molecule is N#CC1(NC(=O)COC(=O)CCc2ccc3ccccc3n2)CCCC1. The molecule has 0 atom stereocenters. The van der Waals surface area contributed by atoms with Crippen LogP contribution in [0.1, 0.15) is 37.8 Å². The lowest BCUT2D eigenvalue weighted by Gasteiger charge is -2.21. The molecular formula is C20H21N3O3. The van der Waals surface area contributed by atoms with Gasteiger partial charge in [-0.1, -0.05) is 24.3 Å². The van der Waals surface area contributed by atoms with Crippen molar-refractivity contribution in [2.45, 2.75) is 44.1 Å². The van der Waals surface area contributed by atoms with Gasteiger partial charge in [-0.15, -0.1) is 0 Å². The van der Waals surface area contributed by atoms with Crippen molar-refractivity contribution in [1.29, 1.82) is 5.26 Å². The molecule has 1 aliphatic carbocycles. The number of pyridine rings is 1. The van der Waals surface area contributed by atoms with Crippen molar-refractivity contribution < 1.29 is 14.3 Å². The highest BCUT2D eigenvalue weighted by Crippen LogP contribution is 2.28. The number of nitrogens with one attached hydrogen (secondary N) is 1. The minimum absolute atomic E-state index is 0.155. The molecule has 1 saturated carbocycles. The van der Waals surface area contributed by atoms with Crippen LogP contribution in [0.15, 0.2) is 36.4 Å². The molecule has 1 N–H and O–H groups in total. The minimum Gasteiger partial charge on any atom is -0.456 e. The Balaban J connectivity index is 1.45. The number of rotatable bonds is 6. The Morgan fingerprint density at radius 3 is 2.73 bits per heavy atom. The molecule has 1 aromatic carbocycles. The van der Waals surface area contributed by atoms with Gasteiger partial charge in [-0.05, 0) is 37.8 Å². The molecular weight excluding hydrogens is 330 g/mol. The second-order valence-electron chi connectivity index (χ2n) is 6.61. The second-order valence-corrected chi connectivity index (χ2v) is 6.61. The number of hydrogen-bond donors (Lipinski definition) is 1. The lowest BCUT2D eigenvalue weighted by Crippen LogP contribution is -2.46. The van der Waals surface area contributed by atoms with Crippen LogP contribution >= 0.6 is 0 Å². The number of amides is 1. The molecule has 1 aliphatic rings. The quantitative estimate of drug-likeness (QED) is 0.808. The predicted molar refractivity (Wildman–Crippen MR) is 96.0 cm³/mol. The van der Waals surface area contributed by atoms with E-state index in [-0.39, 0.29) is 13.0 Å². The number of benzene rings is 1. The number of nitriles is 1. The first-order chi connectivity index (χ1) is 12.6. The molecule has 0 bridgehead atoms. The van der Waals surface area contributed by atoms with Gasteiger partial charge in [0.05, 0.1) is 18.0 Å². The second kappa shape index (κ2) is 7.96. The van der Waals surface area contributed by atoms with Gasteiger partial charge in [0, 0.05) is 17.5 Å². The van der Waals surface area contributed by atoms with Gasteiger partial charge in [0.25, 0.3) is 5.91 Å². The first-order valence-corrected chi connectivity index (χ1v) is 8.83. The first-order valence-electron chi connectivity index (χ1n) is 8.83. The topological polar surface area (TPSA) is 92.1 Å². The van der Waals surface area contributed by atoms with Crippen molar-refractivity contribution in [2.24, 2.45) is 0 Å². The number of aromatic nitrogens is 1. The maximum absolute atomic E-state index is 11.9. The molecule has 0 aliphatic heterocycles. The molecule has 0 unspecified atom stereocenters. The molecule has 2 aromatic rings. The van der Waals surface area contributed by atoms with Gasteiger partial charge in [0.2, 0.25) is 0 Å². The summed E-state index contributed by atoms with van der Waals surface area (Å²) in [6.07, 6.45) is 3.75. The number of para-hydroxylation sites is 1. The molecule has 26 heavy (non-hydrogen) atoms. The summed E-state index contributed by atoms with van der Waals surface area (Å²) in [6.45, 7) is -0.354. The maximum atomic E-state index is 11.9. The zero-order valence-corrected chi connectivity index (χ0v) is 14.5. The first kappa shape index (κ1) is 17.9. The van der Waals surface area contributed by atoms with E-state index >= 15 is 0 Å². The van der Waals surface area contributed by atoms with Crippen molar-refractivity contribution in [1.82, 2.24) is 10.3 Å². The maximum Gasteiger partial charge on any atom is 0.306 e. The molecule has 3 rings (SSSR count). The van der Waals surface area contributed by atoms with E-state index in [4.69, 9.17) is 4.74 Å². The van der Waals surface area contributed by atoms with Crippen LogP contribution in [0.4, 0.5) is 0 Å². The fourth-order valence-corrected chi connectivity index (χ4v) is 3.24. The average molecular weight is 351 g/mol. The number of esters is 1. The minimum atomic E-state index is -0.793. The summed E-state index contributed by atoms with van der Waals surface area (Å²) in [7, 11) is 0. The van der Waals surface area contributed by atoms with E-state index in [9.17, 15) is 14.9 Å². The molecule has 134 valence electrons. The zero-order valence-electron chi connectivity index (χ0n) is 14.5. The Hall–Kier alpha value is -2.94. The lowest BCUT2D eigenvalue weighted by molar-refractivity contribution is -0.148. The molecule has 6 nitrogen and oxygen atoms in total. The van der Waals surface area contributed by atoms with Gasteiger partial charge in [0.15, 0.2) is 6.61 Å². The van der Waals surface area contributed by atoms with Crippen LogP contribution in [0.5, 0.6) is 0 Å². The van der Waals surface area contributed by atoms with E-state index in [1.807, 2.05) is 36.4 Å². The van der Waals surface area contributed by atoms with E-state index < -0.39 is 17.4 Å². The highest BCUT2D eigenvalue weighted by Gasteiger charge is 2.35. The van der Waals surface area contributed by atoms with Crippen LogP contribution in [0.25, 0.3) is 10.9 Å². The summed E-state index contributed by atoms with van der Waals surface area (Å²) >= 11 is 0. The van der Waals surface area contributed by atoms with Gasteiger partial charge in [-0.25, -0.2) is 0 Å². The zero-order chi connectivity index (χ0) is 18.4. The summed E-state index contributed by atoms with van der Waals surface area (Å²) in [5, 5.41) is 13.0. The highest BCUT2D eigenvalue weighted by molar-refractivity contribution is 5.81. The number of fused-ring (bicyclic) bond motifs is 1. The molecule has 0 radical (unpaired) electrons. The predicted octanol–water partition coefficient (Wildman–Crippen LogP) is 2.66. The van der Waals surface area contributed by atoms with E-state index in [1.54, 1.807) is 0 Å². The number of hydrogen-bond acceptors (Lipinski definition) is 5. The van der Waals surface area contributed by atoms with Crippen LogP contribution < -0.4 is 5.32 Å². The number of carbonyl (C=O) groups excluding carboxylic acids is 2. The Morgan fingerprint density at radius 1 is 1.19 bits per heavy atom. The summed E-state index contributed by atoms with van der Waals surface area (Å²) in [6, 6.07) is 13.8. The summed E-state index contributed by atoms with van der Waals surface area (Å²) < 4.78 is 5.02. The van der Waals surface area contributed by atoms with Crippen LogP contribution in [-0.2, 0) is 20.7 Å². The van der Waals surface area contributed by atoms with Gasteiger partial charge < -0.3 is 10.1 Å². The summed E-state index contributed by atoms with van der Waals surface area (Å²) in [5.41, 5.74) is 0.897. The van der Waals surface area contributed by atoms with Crippen LogP contribution in [0.2, 0.25) is 0 Å². The van der Waals surface area contributed by atoms with Crippen LogP contribution in [0, 0.1) is 11.3 Å². The Morgan fingerprint density at radius 2 is 1.96 bits per heavy atom. The number of nitrogens with zero attached hydrogens (tertiary/aromatic N) is 2. The normalized spacial score (nSPS) is 15.3. The molecule has 1 fully saturated rings. The highest BCUT2D eigenvalue weighted by atomic mass is 16.5. The van der Waals surface area contributed by atoms with E-state index in [1.165, 1.54) is 0 Å². The van der Waals surface area contributed by atoms with Crippen molar-refractivity contribution in [3.63, 3.8) is 0 Å². The van der Waals surface area contributed by atoms with Gasteiger partial charge in [-0.3, -0.25) is 14.6 Å². The molecule has 0 spiro atoms. The largest absolute Gasteiger partial charge is 0.456 e. The third-order valence-corrected chi connectivity index (χ3v) is 4.66. The summed E-state index contributed by atoms with van der Waals surface area (Å²) in [5.74, 6) is -0.877. The smallest absolute Gasteiger partial charge is 0.306 e. The van der Waals surface area contributed by atoms with E-state index in [2.05, 4.69) is 16.4 Å². The van der Waals surface area contributed by atoms with Gasteiger partial charge in [0.1, 0.15) is 5.54 Å². The van der Waals surface area contributed by atoms with Crippen LogP contribution in [-0.4, -0.2) is 29.0 Å². The lowest BCUT2D eigenvalue weighted by atomic mass is 10.00. The monoisotopic (exact) mass is 351 g/mol. The van der Waals surface area contributed by atoms with Crippen molar-refractivity contribution >= 4 is 22.8 Å². The molecule has 1 amide bonds. The van der Waals surface area contributed by atoms with Crippen molar-refractivity contribution in [3.8, 4) is 6.07 Å². The van der Waals surface area contributed by atoms with Crippen molar-refractivity contribution in [3.05, 3.63) is 42.1 Å². The fraction of sp³-hybridized carbons (Fsp3) is 0.400. The number of aryl methyl sites for hydroxylation is 1. The Bertz CT molecular complexity index is 851. The number of carbonyl (C=O) groups is 2. The average Bonchev–Trinajstić information content (AvgIpc) is 3.13. The van der Waals surface area contributed by atoms with Gasteiger partial charge >= 0.3 is 5.97 Å². The van der Waals surface area contributed by atoms with Crippen molar-refractivity contribution in [2.75, 3.05) is 6.61 Å². The standard InChI is InChI=1S/C20H21N3O3/c21-14-20(11-3-4-12-20)23-18(24)13-26-19(25)10-9-16-8-7-15-5-1-2-6-17(15)22-16/h1-2,5-8H,3-4,9-13H2,(H,23,24). The number of ether oxygens (including phenoxy) is 1. The molecule has 0 saturated heterocycles. The van der Waals surface area contributed by atoms with Crippen LogP contribution in [0.3, 0.4) is 0 Å². The third-order valence-electron chi connectivity index (χ3n) is 4.66. The third kappa shape index (κ3) is 4.37. The Labute approximate surface area is 152 Å². The van der Waals surface area contributed by atoms with E-state index in [0.29, 0.717) is 19.3 Å². The fourth-order valence-electron chi connectivity index (χ4n) is 3.24. The summed E-state index contributed by atoms with van der Waals surface area (Å²) in [4.78, 5) is 28.3. The molecule has 1 heterocycles. The molecule has 1 aromatic heterocycles.